The number of rotatable bonds is 3. The fraction of sp³-hybridized carbons (Fsp3) is 0.375. The Hall–Kier alpha value is -2.22. The van der Waals surface area contributed by atoms with E-state index in [1.807, 2.05) is 12.1 Å². The number of amides is 1. The lowest BCUT2D eigenvalue weighted by Gasteiger charge is -2.22. The molecule has 3 N–H and O–H groups in total. The number of pyridine rings is 1. The summed E-state index contributed by atoms with van der Waals surface area (Å²) >= 11 is 3.35. The standard InChI is InChI=1S/C16H20BrN5O2/c1-9(21-15(23)24-16(2,3)4)13-14(20-8-12(18)22-13)11-6-5-10(17)7-19-11/h5-9H,1-4H3,(H2,18,22)(H,21,23). The molecule has 0 aromatic carbocycles. The molecule has 0 bridgehead atoms. The summed E-state index contributed by atoms with van der Waals surface area (Å²) in [6.07, 6.45) is 2.60. The van der Waals surface area contributed by atoms with Crippen molar-refractivity contribution in [3.8, 4) is 11.4 Å². The first-order valence-corrected chi connectivity index (χ1v) is 8.19. The molecule has 1 amide bonds. The first-order valence-electron chi connectivity index (χ1n) is 7.39. The van der Waals surface area contributed by atoms with Gasteiger partial charge in [0.1, 0.15) is 17.1 Å². The summed E-state index contributed by atoms with van der Waals surface area (Å²) in [5, 5.41) is 2.75. The lowest BCUT2D eigenvalue weighted by molar-refractivity contribution is 0.0507. The number of halogens is 1. The molecule has 0 aliphatic rings. The number of anilines is 1. The number of hydrogen-bond acceptors (Lipinski definition) is 6. The second kappa shape index (κ2) is 7.12. The maximum atomic E-state index is 12.0. The third-order valence-corrected chi connectivity index (χ3v) is 3.40. The Balaban J connectivity index is 2.30. The van der Waals surface area contributed by atoms with E-state index in [4.69, 9.17) is 10.5 Å². The Morgan fingerprint density at radius 2 is 2.00 bits per heavy atom. The quantitative estimate of drug-likeness (QED) is 0.827. The number of nitrogens with zero attached hydrogens (tertiary/aromatic N) is 3. The molecule has 0 aliphatic heterocycles. The van der Waals surface area contributed by atoms with Crippen LogP contribution in [-0.2, 0) is 4.74 Å². The number of hydrogen-bond donors (Lipinski definition) is 2. The van der Waals surface area contributed by atoms with Crippen molar-refractivity contribution in [2.75, 3.05) is 5.73 Å². The van der Waals surface area contributed by atoms with E-state index in [2.05, 4.69) is 36.2 Å². The third-order valence-electron chi connectivity index (χ3n) is 2.93. The molecule has 1 unspecified atom stereocenters. The van der Waals surface area contributed by atoms with E-state index in [1.165, 1.54) is 6.20 Å². The molecule has 2 rings (SSSR count). The predicted octanol–water partition coefficient (Wildman–Crippen LogP) is 3.47. The normalized spacial score (nSPS) is 12.5. The van der Waals surface area contributed by atoms with Gasteiger partial charge in [0.05, 0.1) is 23.6 Å². The van der Waals surface area contributed by atoms with Gasteiger partial charge in [-0.3, -0.25) is 4.98 Å². The Morgan fingerprint density at radius 3 is 2.58 bits per heavy atom. The fourth-order valence-corrected chi connectivity index (χ4v) is 2.22. The summed E-state index contributed by atoms with van der Waals surface area (Å²) < 4.78 is 6.13. The molecule has 7 nitrogen and oxygen atoms in total. The number of aromatic nitrogens is 3. The minimum atomic E-state index is -0.582. The number of nitrogens with two attached hydrogens (primary N) is 1. The van der Waals surface area contributed by atoms with E-state index in [0.29, 0.717) is 17.1 Å². The molecule has 0 aliphatic carbocycles. The molecule has 0 radical (unpaired) electrons. The molecule has 2 aromatic rings. The highest BCUT2D eigenvalue weighted by atomic mass is 79.9. The summed E-state index contributed by atoms with van der Waals surface area (Å²) in [5.74, 6) is 0.267. The van der Waals surface area contributed by atoms with E-state index in [9.17, 15) is 4.79 Å². The topological polar surface area (TPSA) is 103 Å². The van der Waals surface area contributed by atoms with E-state index in [-0.39, 0.29) is 5.82 Å². The van der Waals surface area contributed by atoms with Crippen LogP contribution >= 0.6 is 15.9 Å². The number of ether oxygens (including phenoxy) is 1. The number of nitrogens with one attached hydrogen (secondary N) is 1. The van der Waals surface area contributed by atoms with Crippen LogP contribution in [0.4, 0.5) is 10.6 Å². The SMILES string of the molecule is CC(NC(=O)OC(C)(C)C)c1nc(N)cnc1-c1ccc(Br)cn1. The summed E-state index contributed by atoms with van der Waals surface area (Å²) in [6.45, 7) is 7.19. The monoisotopic (exact) mass is 393 g/mol. The highest BCUT2D eigenvalue weighted by Crippen LogP contribution is 2.25. The minimum Gasteiger partial charge on any atom is -0.444 e. The zero-order chi connectivity index (χ0) is 17.9. The molecular weight excluding hydrogens is 374 g/mol. The lowest BCUT2D eigenvalue weighted by atomic mass is 10.1. The Labute approximate surface area is 149 Å². The molecule has 128 valence electrons. The van der Waals surface area contributed by atoms with Crippen LogP contribution in [0.3, 0.4) is 0 Å². The number of alkyl carbamates (subject to hydrolysis) is 1. The number of nitrogen functional groups attached to an aromatic ring is 1. The van der Waals surface area contributed by atoms with Gasteiger partial charge in [-0.15, -0.1) is 0 Å². The van der Waals surface area contributed by atoms with Gasteiger partial charge in [0.2, 0.25) is 0 Å². The molecule has 0 saturated heterocycles. The largest absolute Gasteiger partial charge is 0.444 e. The Kier molecular flexibility index (Phi) is 5.38. The molecule has 2 aromatic heterocycles. The van der Waals surface area contributed by atoms with Crippen LogP contribution in [-0.4, -0.2) is 26.6 Å². The molecule has 24 heavy (non-hydrogen) atoms. The van der Waals surface area contributed by atoms with Crippen molar-refractivity contribution in [1.29, 1.82) is 0 Å². The average Bonchev–Trinajstić information content (AvgIpc) is 2.46. The van der Waals surface area contributed by atoms with Crippen molar-refractivity contribution < 1.29 is 9.53 Å². The first kappa shape index (κ1) is 18.1. The molecule has 2 heterocycles. The summed E-state index contributed by atoms with van der Waals surface area (Å²) in [5.41, 5.74) is 6.89. The number of carbonyl (C=O) groups excluding carboxylic acids is 1. The van der Waals surface area contributed by atoms with Gasteiger partial charge in [-0.2, -0.15) is 0 Å². The van der Waals surface area contributed by atoms with Crippen LogP contribution in [0.1, 0.15) is 39.4 Å². The van der Waals surface area contributed by atoms with Gasteiger partial charge < -0.3 is 15.8 Å². The predicted molar refractivity (Wildman–Crippen MR) is 95.2 cm³/mol. The van der Waals surface area contributed by atoms with Crippen molar-refractivity contribution >= 4 is 27.8 Å². The molecule has 1 atom stereocenters. The highest BCUT2D eigenvalue weighted by Gasteiger charge is 2.22. The van der Waals surface area contributed by atoms with Gasteiger partial charge in [-0.1, -0.05) is 0 Å². The molecule has 0 fully saturated rings. The van der Waals surface area contributed by atoms with Crippen LogP contribution < -0.4 is 11.1 Å². The summed E-state index contributed by atoms with van der Waals surface area (Å²) in [7, 11) is 0. The highest BCUT2D eigenvalue weighted by molar-refractivity contribution is 9.10. The second-order valence-electron chi connectivity index (χ2n) is 6.26. The van der Waals surface area contributed by atoms with Crippen LogP contribution in [0.2, 0.25) is 0 Å². The summed E-state index contributed by atoms with van der Waals surface area (Å²) in [4.78, 5) is 24.9. The maximum absolute atomic E-state index is 12.0. The van der Waals surface area contributed by atoms with Crippen molar-refractivity contribution in [3.05, 3.63) is 34.7 Å². The van der Waals surface area contributed by atoms with Gasteiger partial charge >= 0.3 is 6.09 Å². The smallest absolute Gasteiger partial charge is 0.408 e. The molecule has 8 heteroatoms. The third kappa shape index (κ3) is 4.89. The van der Waals surface area contributed by atoms with Crippen molar-refractivity contribution in [2.45, 2.75) is 39.3 Å². The number of carbonyl (C=O) groups is 1. The fourth-order valence-electron chi connectivity index (χ4n) is 1.99. The average molecular weight is 394 g/mol. The first-order chi connectivity index (χ1) is 11.2. The van der Waals surface area contributed by atoms with Crippen molar-refractivity contribution in [1.82, 2.24) is 20.3 Å². The Morgan fingerprint density at radius 1 is 1.29 bits per heavy atom. The van der Waals surface area contributed by atoms with E-state index >= 15 is 0 Å². The lowest BCUT2D eigenvalue weighted by Crippen LogP contribution is -2.34. The van der Waals surface area contributed by atoms with Crippen molar-refractivity contribution in [3.63, 3.8) is 0 Å². The van der Waals surface area contributed by atoms with Gasteiger partial charge in [0.25, 0.3) is 0 Å². The molecule has 0 spiro atoms. The maximum Gasteiger partial charge on any atom is 0.408 e. The van der Waals surface area contributed by atoms with Crippen LogP contribution in [0.5, 0.6) is 0 Å². The van der Waals surface area contributed by atoms with Gasteiger partial charge in [-0.05, 0) is 55.8 Å². The Bertz CT molecular complexity index is 728. The van der Waals surface area contributed by atoms with Gasteiger partial charge in [0.15, 0.2) is 0 Å². The van der Waals surface area contributed by atoms with Gasteiger partial charge in [0, 0.05) is 10.7 Å². The minimum absolute atomic E-state index is 0.267. The second-order valence-corrected chi connectivity index (χ2v) is 7.17. The summed E-state index contributed by atoms with van der Waals surface area (Å²) in [6, 6.07) is 3.22. The van der Waals surface area contributed by atoms with Crippen LogP contribution in [0.15, 0.2) is 29.0 Å². The van der Waals surface area contributed by atoms with Gasteiger partial charge in [-0.25, -0.2) is 14.8 Å². The zero-order valence-electron chi connectivity index (χ0n) is 14.0. The van der Waals surface area contributed by atoms with E-state index in [1.54, 1.807) is 33.9 Å². The zero-order valence-corrected chi connectivity index (χ0v) is 15.6. The molecule has 0 saturated carbocycles. The van der Waals surface area contributed by atoms with Crippen LogP contribution in [0.25, 0.3) is 11.4 Å². The van der Waals surface area contributed by atoms with E-state index in [0.717, 1.165) is 4.47 Å². The van der Waals surface area contributed by atoms with E-state index < -0.39 is 17.7 Å². The van der Waals surface area contributed by atoms with Crippen molar-refractivity contribution in [2.24, 2.45) is 0 Å². The van der Waals surface area contributed by atoms with Crippen LogP contribution in [0, 0.1) is 0 Å². The molecular formula is C16H20BrN5O2.